The minimum atomic E-state index is -1.92. The average Bonchev–Trinajstić information content (AvgIpc) is 3.23. The van der Waals surface area contributed by atoms with E-state index in [-0.39, 0.29) is 55.6 Å². The molecule has 1 spiro atoms. The molecule has 6 fully saturated rings. The van der Waals surface area contributed by atoms with Crippen LogP contribution in [0.2, 0.25) is 0 Å². The second-order valence-electron chi connectivity index (χ2n) is 11.7. The Kier molecular flexibility index (Phi) is 4.85. The summed E-state index contributed by atoms with van der Waals surface area (Å²) in [5, 5.41) is 46.6. The molecule has 6 rings (SSSR count). The predicted octanol–water partition coefficient (Wildman–Crippen LogP) is -0.0709. The lowest BCUT2D eigenvalue weighted by Gasteiger charge is -2.69. The number of methoxy groups -OCH3 is 4. The normalized spacial score (nSPS) is 58.8. The second kappa shape index (κ2) is 7.06. The van der Waals surface area contributed by atoms with E-state index in [1.54, 1.807) is 21.3 Å². The molecule has 1 saturated heterocycles. The molecule has 192 valence electrons. The number of carboxylic acid groups (broad SMARTS) is 1. The van der Waals surface area contributed by atoms with Gasteiger partial charge in [-0.15, -0.1) is 0 Å². The summed E-state index contributed by atoms with van der Waals surface area (Å²) in [6.07, 6.45) is -1.08. The summed E-state index contributed by atoms with van der Waals surface area (Å²) in [4.78, 5) is 14.0. The number of aliphatic hydroxyl groups is 3. The molecule has 5 saturated carbocycles. The Hall–Kier alpha value is -1.01. The molecule has 10 heteroatoms. The summed E-state index contributed by atoms with van der Waals surface area (Å²) in [5.74, 6) is -0.998. The molecule has 10 nitrogen and oxygen atoms in total. The molecule has 0 radical (unpaired) electrons. The van der Waals surface area contributed by atoms with E-state index < -0.39 is 46.2 Å². The van der Waals surface area contributed by atoms with Gasteiger partial charge in [0.05, 0.1) is 37.1 Å². The number of ether oxygens (including phenoxy) is 4. The van der Waals surface area contributed by atoms with Gasteiger partial charge in [0.1, 0.15) is 11.2 Å². The van der Waals surface area contributed by atoms with Crippen LogP contribution in [0.1, 0.15) is 25.7 Å². The Balaban J connectivity index is 1.70. The minimum Gasteiger partial charge on any atom is -0.465 e. The quantitative estimate of drug-likeness (QED) is 0.423. The molecule has 0 aromatic heterocycles. The van der Waals surface area contributed by atoms with Gasteiger partial charge in [-0.1, -0.05) is 0 Å². The zero-order valence-electron chi connectivity index (χ0n) is 20.2. The summed E-state index contributed by atoms with van der Waals surface area (Å²) in [5.41, 5.74) is -5.26. The molecule has 1 amide bonds. The summed E-state index contributed by atoms with van der Waals surface area (Å²) >= 11 is 0. The Morgan fingerprint density at radius 1 is 1.09 bits per heavy atom. The van der Waals surface area contributed by atoms with E-state index in [1.165, 1.54) is 12.0 Å². The number of aliphatic hydroxyl groups excluding tert-OH is 1. The van der Waals surface area contributed by atoms with Gasteiger partial charge in [0.2, 0.25) is 0 Å². The number of hydrogen-bond acceptors (Lipinski definition) is 8. The van der Waals surface area contributed by atoms with Crippen LogP contribution in [0, 0.1) is 34.5 Å². The van der Waals surface area contributed by atoms with Gasteiger partial charge >= 0.3 is 6.09 Å². The zero-order valence-corrected chi connectivity index (χ0v) is 20.2. The third-order valence-corrected chi connectivity index (χ3v) is 11.4. The topological polar surface area (TPSA) is 138 Å². The zero-order chi connectivity index (χ0) is 24.4. The maximum absolute atomic E-state index is 12.8. The van der Waals surface area contributed by atoms with Crippen LogP contribution in [-0.2, 0) is 18.9 Å². The van der Waals surface area contributed by atoms with Gasteiger partial charge < -0.3 is 44.3 Å². The number of fused-ring (bicyclic) bond motifs is 2. The SMILES string of the molecule is CO[C@H]1[C@@H]2C[C@@H]3[C@H]1[C@](O)(C[C@@H]2OC)[C@@]1(O)C2N(C(=O)O)C[C@]4(CO)CC[C@H](OC)[C@@]23[C@@H]4[C@@H]1OC. The van der Waals surface area contributed by atoms with E-state index in [2.05, 4.69) is 0 Å². The number of piperidine rings is 1. The first kappa shape index (κ1) is 23.4. The van der Waals surface area contributed by atoms with Crippen molar-refractivity contribution in [3.05, 3.63) is 0 Å². The average molecular weight is 484 g/mol. The van der Waals surface area contributed by atoms with Gasteiger partial charge in [-0.3, -0.25) is 0 Å². The molecule has 6 aliphatic rings. The standard InChI is InChI=1S/C24H37NO9/c1-31-13-8-22(29)15-12(7-11(13)16(15)33-3)23-14(32-2)5-6-21(10-26)9-25(20(27)28)19(23)24(22,30)18(34-4)17(21)23/h11-19,26,29-30H,5-10H2,1-4H3,(H,27,28)/t11-,12-,13+,14+,15-,16+,17-,18+,19?,21+,22-,23+,24+/m1/s1. The van der Waals surface area contributed by atoms with Crippen molar-refractivity contribution in [2.75, 3.05) is 41.6 Å². The lowest BCUT2D eigenvalue weighted by molar-refractivity contribution is -0.315. The Morgan fingerprint density at radius 3 is 2.38 bits per heavy atom. The Labute approximate surface area is 199 Å². The first-order valence-corrected chi connectivity index (χ1v) is 12.3. The van der Waals surface area contributed by atoms with Crippen molar-refractivity contribution < 1.29 is 44.2 Å². The third kappa shape index (κ3) is 2.11. The fourth-order valence-corrected chi connectivity index (χ4v) is 10.7. The molecule has 4 N–H and O–H groups in total. The highest BCUT2D eigenvalue weighted by atomic mass is 16.5. The van der Waals surface area contributed by atoms with Crippen LogP contribution in [0.5, 0.6) is 0 Å². The van der Waals surface area contributed by atoms with E-state index in [9.17, 15) is 25.2 Å². The molecule has 7 bridgehead atoms. The van der Waals surface area contributed by atoms with Crippen LogP contribution in [0.4, 0.5) is 4.79 Å². The number of likely N-dealkylation sites (tertiary alicyclic amines) is 1. The summed E-state index contributed by atoms with van der Waals surface area (Å²) in [6, 6.07) is -0.935. The van der Waals surface area contributed by atoms with Crippen molar-refractivity contribution >= 4 is 6.09 Å². The summed E-state index contributed by atoms with van der Waals surface area (Å²) in [7, 11) is 6.38. The summed E-state index contributed by atoms with van der Waals surface area (Å²) < 4.78 is 24.0. The van der Waals surface area contributed by atoms with Crippen molar-refractivity contribution in [3.63, 3.8) is 0 Å². The lowest BCUT2D eigenvalue weighted by Crippen LogP contribution is -2.82. The first-order chi connectivity index (χ1) is 16.2. The summed E-state index contributed by atoms with van der Waals surface area (Å²) in [6.45, 7) is -0.136. The minimum absolute atomic E-state index is 0.00515. The molecule has 1 aliphatic heterocycles. The molecule has 1 heterocycles. The molecule has 5 aliphatic carbocycles. The maximum atomic E-state index is 12.8. The molecule has 0 aromatic carbocycles. The van der Waals surface area contributed by atoms with Crippen molar-refractivity contribution in [2.45, 2.75) is 67.3 Å². The van der Waals surface area contributed by atoms with E-state index in [0.29, 0.717) is 19.3 Å². The van der Waals surface area contributed by atoms with Gasteiger partial charge in [-0.2, -0.15) is 0 Å². The van der Waals surface area contributed by atoms with Crippen molar-refractivity contribution in [1.29, 1.82) is 0 Å². The second-order valence-corrected chi connectivity index (χ2v) is 11.7. The van der Waals surface area contributed by atoms with Crippen LogP contribution in [0.15, 0.2) is 0 Å². The first-order valence-electron chi connectivity index (χ1n) is 12.3. The van der Waals surface area contributed by atoms with E-state index in [4.69, 9.17) is 18.9 Å². The van der Waals surface area contributed by atoms with Crippen LogP contribution < -0.4 is 0 Å². The monoisotopic (exact) mass is 483 g/mol. The fourth-order valence-electron chi connectivity index (χ4n) is 10.7. The van der Waals surface area contributed by atoms with Gasteiger partial charge in [-0.25, -0.2) is 4.79 Å². The van der Waals surface area contributed by atoms with E-state index in [1.807, 2.05) is 0 Å². The Bertz CT molecular complexity index is 889. The molecular formula is C24H37NO9. The smallest absolute Gasteiger partial charge is 0.407 e. The van der Waals surface area contributed by atoms with Crippen molar-refractivity contribution in [3.8, 4) is 0 Å². The molecule has 13 atom stereocenters. The molecular weight excluding hydrogens is 446 g/mol. The number of nitrogens with zero attached hydrogens (tertiary/aromatic N) is 1. The van der Waals surface area contributed by atoms with Gasteiger partial charge in [0.15, 0.2) is 0 Å². The predicted molar refractivity (Wildman–Crippen MR) is 116 cm³/mol. The lowest BCUT2D eigenvalue weighted by atomic mass is 9.42. The fraction of sp³-hybridized carbons (Fsp3) is 0.958. The highest BCUT2D eigenvalue weighted by Crippen LogP contribution is 2.80. The van der Waals surface area contributed by atoms with Gasteiger partial charge in [-0.05, 0) is 25.2 Å². The van der Waals surface area contributed by atoms with E-state index >= 15 is 0 Å². The van der Waals surface area contributed by atoms with Crippen LogP contribution in [0.25, 0.3) is 0 Å². The molecule has 1 unspecified atom stereocenters. The molecule has 0 aromatic rings. The Morgan fingerprint density at radius 2 is 1.82 bits per heavy atom. The highest BCUT2D eigenvalue weighted by molar-refractivity contribution is 5.68. The van der Waals surface area contributed by atoms with Crippen molar-refractivity contribution in [1.82, 2.24) is 4.90 Å². The number of carbonyl (C=O) groups is 1. The van der Waals surface area contributed by atoms with Crippen LogP contribution >= 0.6 is 0 Å². The van der Waals surface area contributed by atoms with Gasteiger partial charge in [0, 0.05) is 70.0 Å². The number of hydrogen-bond donors (Lipinski definition) is 4. The van der Waals surface area contributed by atoms with Gasteiger partial charge in [0.25, 0.3) is 0 Å². The van der Waals surface area contributed by atoms with E-state index in [0.717, 1.165) is 0 Å². The molecule has 34 heavy (non-hydrogen) atoms. The third-order valence-electron chi connectivity index (χ3n) is 11.4. The number of amides is 1. The largest absolute Gasteiger partial charge is 0.465 e. The van der Waals surface area contributed by atoms with Crippen LogP contribution in [-0.4, -0.2) is 115 Å². The van der Waals surface area contributed by atoms with Crippen LogP contribution in [0.3, 0.4) is 0 Å². The number of rotatable bonds is 5. The maximum Gasteiger partial charge on any atom is 0.407 e. The van der Waals surface area contributed by atoms with Crippen molar-refractivity contribution in [2.24, 2.45) is 34.5 Å². The highest BCUT2D eigenvalue weighted by Gasteiger charge is 2.92.